The maximum atomic E-state index is 12.8. The van der Waals surface area contributed by atoms with Crippen molar-refractivity contribution in [3.05, 3.63) is 88.4 Å². The van der Waals surface area contributed by atoms with E-state index in [1.807, 2.05) is 61.5 Å². The van der Waals surface area contributed by atoms with Gasteiger partial charge in [0, 0.05) is 16.8 Å². The highest BCUT2D eigenvalue weighted by atomic mass is 35.5. The number of benzene rings is 3. The first-order valence-corrected chi connectivity index (χ1v) is 9.34. The number of halogens is 1. The van der Waals surface area contributed by atoms with E-state index in [1.54, 1.807) is 23.5 Å². The molecular weight excluding hydrogens is 364 g/mol. The van der Waals surface area contributed by atoms with Gasteiger partial charge in [-0.05, 0) is 42.8 Å². The summed E-state index contributed by atoms with van der Waals surface area (Å²) in [5.41, 5.74) is 3.86. The van der Waals surface area contributed by atoms with Crippen molar-refractivity contribution >= 4 is 49.8 Å². The van der Waals surface area contributed by atoms with Gasteiger partial charge in [-0.1, -0.05) is 59.3 Å². The average molecular weight is 379 g/mol. The van der Waals surface area contributed by atoms with Crippen molar-refractivity contribution in [1.82, 2.24) is 4.98 Å². The predicted octanol–water partition coefficient (Wildman–Crippen LogP) is 6.23. The van der Waals surface area contributed by atoms with Crippen LogP contribution < -0.4 is 5.32 Å². The average Bonchev–Trinajstić information content (AvgIpc) is 3.04. The normalized spacial score (nSPS) is 10.8. The van der Waals surface area contributed by atoms with Crippen LogP contribution in [0.4, 0.5) is 10.8 Å². The fraction of sp³-hybridized carbons (Fsp3) is 0.0476. The number of carbonyl (C=O) groups is 1. The van der Waals surface area contributed by atoms with Crippen LogP contribution in [0.2, 0.25) is 5.02 Å². The van der Waals surface area contributed by atoms with Gasteiger partial charge in [0.1, 0.15) is 0 Å². The number of ketones is 1. The van der Waals surface area contributed by atoms with Gasteiger partial charge in [0.2, 0.25) is 0 Å². The molecule has 1 aromatic heterocycles. The molecule has 0 aliphatic heterocycles. The van der Waals surface area contributed by atoms with Crippen molar-refractivity contribution in [2.24, 2.45) is 0 Å². The molecule has 1 N–H and O–H groups in total. The van der Waals surface area contributed by atoms with Crippen LogP contribution in [-0.4, -0.2) is 10.8 Å². The molecule has 26 heavy (non-hydrogen) atoms. The molecule has 4 aromatic rings. The number of para-hydroxylation sites is 1. The predicted molar refractivity (Wildman–Crippen MR) is 109 cm³/mol. The van der Waals surface area contributed by atoms with Crippen molar-refractivity contribution in [2.45, 2.75) is 6.92 Å². The zero-order valence-corrected chi connectivity index (χ0v) is 15.6. The van der Waals surface area contributed by atoms with E-state index in [0.29, 0.717) is 16.1 Å². The largest absolute Gasteiger partial charge is 0.331 e. The molecule has 0 bridgehead atoms. The van der Waals surface area contributed by atoms with Crippen LogP contribution in [0.5, 0.6) is 0 Å². The van der Waals surface area contributed by atoms with Crippen LogP contribution in [0.1, 0.15) is 21.5 Å². The van der Waals surface area contributed by atoms with Gasteiger partial charge in [-0.15, -0.1) is 0 Å². The molecule has 3 nitrogen and oxygen atoms in total. The molecule has 1 heterocycles. The van der Waals surface area contributed by atoms with Gasteiger partial charge in [-0.25, -0.2) is 4.98 Å². The zero-order chi connectivity index (χ0) is 18.1. The first kappa shape index (κ1) is 16.8. The standard InChI is InChI=1S/C21H15ClN2OS/c1-13-6-2-3-7-15(13)20(25)16-11-10-14(12-17(16)22)23-21-24-18-8-4-5-9-19(18)26-21/h2-12H,1H3,(H,23,24). The van der Waals surface area contributed by atoms with Gasteiger partial charge < -0.3 is 5.32 Å². The minimum Gasteiger partial charge on any atom is -0.331 e. The summed E-state index contributed by atoms with van der Waals surface area (Å²) in [6, 6.07) is 20.9. The van der Waals surface area contributed by atoms with Crippen molar-refractivity contribution in [2.75, 3.05) is 5.32 Å². The number of rotatable bonds is 4. The number of hydrogen-bond acceptors (Lipinski definition) is 4. The second kappa shape index (κ2) is 6.90. The van der Waals surface area contributed by atoms with Crippen LogP contribution in [0.15, 0.2) is 66.7 Å². The molecule has 4 rings (SSSR count). The number of carbonyl (C=O) groups excluding carboxylic acids is 1. The molecule has 0 amide bonds. The van der Waals surface area contributed by atoms with E-state index in [1.165, 1.54) is 0 Å². The summed E-state index contributed by atoms with van der Waals surface area (Å²) in [4.78, 5) is 17.3. The summed E-state index contributed by atoms with van der Waals surface area (Å²) in [6.45, 7) is 1.92. The van der Waals surface area contributed by atoms with Crippen molar-refractivity contribution < 1.29 is 4.79 Å². The molecule has 0 aliphatic rings. The van der Waals surface area contributed by atoms with E-state index < -0.39 is 0 Å². The number of nitrogens with zero attached hydrogens (tertiary/aromatic N) is 1. The summed E-state index contributed by atoms with van der Waals surface area (Å²) in [5, 5.41) is 4.48. The summed E-state index contributed by atoms with van der Waals surface area (Å²) < 4.78 is 1.12. The maximum Gasteiger partial charge on any atom is 0.194 e. The molecule has 0 saturated heterocycles. The van der Waals surface area contributed by atoms with Crippen molar-refractivity contribution in [1.29, 1.82) is 0 Å². The summed E-state index contributed by atoms with van der Waals surface area (Å²) >= 11 is 7.97. The number of nitrogens with one attached hydrogen (secondary N) is 1. The minimum atomic E-state index is -0.0698. The highest BCUT2D eigenvalue weighted by molar-refractivity contribution is 7.22. The quantitative estimate of drug-likeness (QED) is 0.428. The maximum absolute atomic E-state index is 12.8. The number of hydrogen-bond donors (Lipinski definition) is 1. The van der Waals surface area contributed by atoms with Crippen molar-refractivity contribution in [3.63, 3.8) is 0 Å². The number of anilines is 2. The van der Waals surface area contributed by atoms with E-state index in [0.717, 1.165) is 26.6 Å². The molecular formula is C21H15ClN2OS. The Morgan fingerprint density at radius 2 is 1.77 bits per heavy atom. The summed E-state index contributed by atoms with van der Waals surface area (Å²) in [7, 11) is 0. The van der Waals surface area contributed by atoms with Crippen LogP contribution in [0.3, 0.4) is 0 Å². The zero-order valence-electron chi connectivity index (χ0n) is 14.0. The first-order valence-electron chi connectivity index (χ1n) is 8.14. The monoisotopic (exact) mass is 378 g/mol. The third-order valence-electron chi connectivity index (χ3n) is 4.15. The van der Waals surface area contributed by atoms with Gasteiger partial charge >= 0.3 is 0 Å². The Morgan fingerprint density at radius 3 is 2.54 bits per heavy atom. The molecule has 0 atom stereocenters. The van der Waals surface area contributed by atoms with E-state index in [4.69, 9.17) is 11.6 Å². The lowest BCUT2D eigenvalue weighted by atomic mass is 9.99. The number of aromatic nitrogens is 1. The fourth-order valence-corrected chi connectivity index (χ4v) is 3.95. The van der Waals surface area contributed by atoms with Crippen LogP contribution in [0, 0.1) is 6.92 Å². The Hall–Kier alpha value is -2.69. The second-order valence-corrected chi connectivity index (χ2v) is 7.39. The highest BCUT2D eigenvalue weighted by Crippen LogP contribution is 2.30. The Morgan fingerprint density at radius 1 is 1.00 bits per heavy atom. The smallest absolute Gasteiger partial charge is 0.194 e. The number of aryl methyl sites for hydroxylation is 1. The van der Waals surface area contributed by atoms with Gasteiger partial charge in [-0.3, -0.25) is 4.79 Å². The first-order chi connectivity index (χ1) is 12.6. The Kier molecular flexibility index (Phi) is 4.45. The van der Waals surface area contributed by atoms with Crippen molar-refractivity contribution in [3.8, 4) is 0 Å². The third kappa shape index (κ3) is 3.21. The van der Waals surface area contributed by atoms with E-state index >= 15 is 0 Å². The van der Waals surface area contributed by atoms with Gasteiger partial charge in [0.25, 0.3) is 0 Å². The molecule has 0 aliphatic carbocycles. The molecule has 0 spiro atoms. The lowest BCUT2D eigenvalue weighted by Crippen LogP contribution is -2.04. The third-order valence-corrected chi connectivity index (χ3v) is 5.41. The van der Waals surface area contributed by atoms with E-state index in [2.05, 4.69) is 10.3 Å². The van der Waals surface area contributed by atoms with Gasteiger partial charge in [-0.2, -0.15) is 0 Å². The minimum absolute atomic E-state index is 0.0698. The van der Waals surface area contributed by atoms with E-state index in [-0.39, 0.29) is 5.78 Å². The van der Waals surface area contributed by atoms with Crippen LogP contribution >= 0.6 is 22.9 Å². The highest BCUT2D eigenvalue weighted by Gasteiger charge is 2.15. The summed E-state index contributed by atoms with van der Waals surface area (Å²) in [5.74, 6) is -0.0698. The molecule has 128 valence electrons. The lowest BCUT2D eigenvalue weighted by Gasteiger charge is -2.09. The number of fused-ring (bicyclic) bond motifs is 1. The molecule has 3 aromatic carbocycles. The topological polar surface area (TPSA) is 42.0 Å². The lowest BCUT2D eigenvalue weighted by molar-refractivity contribution is 0.103. The second-order valence-electron chi connectivity index (χ2n) is 5.95. The van der Waals surface area contributed by atoms with Crippen LogP contribution in [-0.2, 0) is 0 Å². The van der Waals surface area contributed by atoms with Gasteiger partial charge in [0.05, 0.1) is 15.2 Å². The number of thiazole rings is 1. The molecule has 5 heteroatoms. The molecule has 0 fully saturated rings. The fourth-order valence-electron chi connectivity index (χ4n) is 2.80. The van der Waals surface area contributed by atoms with Gasteiger partial charge in [0.15, 0.2) is 10.9 Å². The molecule has 0 saturated carbocycles. The SMILES string of the molecule is Cc1ccccc1C(=O)c1ccc(Nc2nc3ccccc3s2)cc1Cl. The van der Waals surface area contributed by atoms with E-state index in [9.17, 15) is 4.79 Å². The summed E-state index contributed by atoms with van der Waals surface area (Å²) in [6.07, 6.45) is 0. The Balaban J connectivity index is 1.61. The van der Waals surface area contributed by atoms with Crippen LogP contribution in [0.25, 0.3) is 10.2 Å². The molecule has 0 radical (unpaired) electrons. The Bertz CT molecular complexity index is 1090. The Labute approximate surface area is 160 Å². The molecule has 0 unspecified atom stereocenters.